The van der Waals surface area contributed by atoms with Gasteiger partial charge in [0.1, 0.15) is 0 Å². The Morgan fingerprint density at radius 2 is 2.57 bits per heavy atom. The Hall–Kier alpha value is -0.940. The van der Waals surface area contributed by atoms with E-state index in [4.69, 9.17) is 10.5 Å². The Kier molecular flexibility index (Phi) is 3.10. The van der Waals surface area contributed by atoms with E-state index in [-0.39, 0.29) is 0 Å². The average Bonchev–Trinajstić information content (AvgIpc) is 2.79. The molecule has 0 saturated carbocycles. The van der Waals surface area contributed by atoms with E-state index in [2.05, 4.69) is 10.3 Å². The van der Waals surface area contributed by atoms with E-state index in [0.29, 0.717) is 12.5 Å². The van der Waals surface area contributed by atoms with E-state index in [1.807, 2.05) is 10.9 Å². The van der Waals surface area contributed by atoms with Gasteiger partial charge < -0.3 is 10.5 Å². The second-order valence-corrected chi connectivity index (χ2v) is 3.70. The van der Waals surface area contributed by atoms with Crippen molar-refractivity contribution in [3.8, 4) is 0 Å². The zero-order valence-corrected chi connectivity index (χ0v) is 8.22. The van der Waals surface area contributed by atoms with Gasteiger partial charge in [0.15, 0.2) is 0 Å². The lowest BCUT2D eigenvalue weighted by Gasteiger charge is -2.05. The number of aromatic nitrogens is 3. The highest BCUT2D eigenvalue weighted by Gasteiger charge is 2.16. The van der Waals surface area contributed by atoms with Crippen LogP contribution in [0.15, 0.2) is 6.20 Å². The molecule has 1 aliphatic heterocycles. The van der Waals surface area contributed by atoms with Gasteiger partial charge in [0, 0.05) is 31.7 Å². The minimum absolute atomic E-state index is 0.599. The fourth-order valence-corrected chi connectivity index (χ4v) is 1.68. The highest BCUT2D eigenvalue weighted by atomic mass is 16.5. The lowest BCUT2D eigenvalue weighted by molar-refractivity contribution is 0.181. The van der Waals surface area contributed by atoms with Gasteiger partial charge in [-0.15, -0.1) is 5.10 Å². The molecule has 2 N–H and O–H groups in total. The Labute approximate surface area is 83.2 Å². The first kappa shape index (κ1) is 9.61. The predicted molar refractivity (Wildman–Crippen MR) is 51.7 cm³/mol. The maximum Gasteiger partial charge on any atom is 0.0839 e. The van der Waals surface area contributed by atoms with Crippen LogP contribution in [0.1, 0.15) is 12.1 Å². The molecule has 0 spiro atoms. The summed E-state index contributed by atoms with van der Waals surface area (Å²) in [5.74, 6) is 0.599. The summed E-state index contributed by atoms with van der Waals surface area (Å²) in [7, 11) is 0. The molecular weight excluding hydrogens is 180 g/mol. The maximum atomic E-state index is 5.44. The molecule has 0 aliphatic carbocycles. The minimum atomic E-state index is 0.599. The van der Waals surface area contributed by atoms with Gasteiger partial charge in [-0.1, -0.05) is 5.21 Å². The molecule has 2 rings (SSSR count). The largest absolute Gasteiger partial charge is 0.381 e. The van der Waals surface area contributed by atoms with Gasteiger partial charge in [0.25, 0.3) is 0 Å². The third kappa shape index (κ3) is 2.30. The van der Waals surface area contributed by atoms with Gasteiger partial charge in [-0.05, 0) is 13.0 Å². The first-order valence-electron chi connectivity index (χ1n) is 5.05. The quantitative estimate of drug-likeness (QED) is 0.725. The molecule has 14 heavy (non-hydrogen) atoms. The summed E-state index contributed by atoms with van der Waals surface area (Å²) in [6.07, 6.45) is 3.92. The number of nitrogens with two attached hydrogens (primary N) is 1. The molecule has 0 aromatic carbocycles. The third-order valence-corrected chi connectivity index (χ3v) is 2.46. The standard InChI is InChI=1S/C9H16N4O/c10-3-1-9-6-13(12-11-9)5-8-2-4-14-7-8/h6,8H,1-5,7,10H2. The number of hydrogen-bond donors (Lipinski definition) is 1. The van der Waals surface area contributed by atoms with Crippen LogP contribution in [0.5, 0.6) is 0 Å². The van der Waals surface area contributed by atoms with Gasteiger partial charge in [-0.3, -0.25) is 4.68 Å². The molecule has 1 aromatic rings. The number of hydrogen-bond acceptors (Lipinski definition) is 4. The molecule has 1 fully saturated rings. The molecule has 2 heterocycles. The topological polar surface area (TPSA) is 66.0 Å². The van der Waals surface area contributed by atoms with Crippen LogP contribution in [0, 0.1) is 5.92 Å². The van der Waals surface area contributed by atoms with Gasteiger partial charge in [-0.25, -0.2) is 0 Å². The molecule has 1 aliphatic rings. The zero-order chi connectivity index (χ0) is 9.80. The highest BCUT2D eigenvalue weighted by Crippen LogP contribution is 2.13. The van der Waals surface area contributed by atoms with Crippen molar-refractivity contribution in [2.24, 2.45) is 11.7 Å². The summed E-state index contributed by atoms with van der Waals surface area (Å²) in [4.78, 5) is 0. The van der Waals surface area contributed by atoms with Crippen LogP contribution in [-0.2, 0) is 17.7 Å². The Balaban J connectivity index is 1.88. The Morgan fingerprint density at radius 3 is 3.29 bits per heavy atom. The average molecular weight is 196 g/mol. The lowest BCUT2D eigenvalue weighted by Crippen LogP contribution is -2.11. The summed E-state index contributed by atoms with van der Waals surface area (Å²) in [5.41, 5.74) is 6.41. The van der Waals surface area contributed by atoms with Gasteiger partial charge in [0.05, 0.1) is 12.3 Å². The van der Waals surface area contributed by atoms with E-state index in [0.717, 1.165) is 38.3 Å². The van der Waals surface area contributed by atoms with Crippen LogP contribution < -0.4 is 5.73 Å². The molecular formula is C9H16N4O. The van der Waals surface area contributed by atoms with E-state index >= 15 is 0 Å². The van der Waals surface area contributed by atoms with Crippen LogP contribution >= 0.6 is 0 Å². The molecule has 1 unspecified atom stereocenters. The second-order valence-electron chi connectivity index (χ2n) is 3.70. The van der Waals surface area contributed by atoms with Crippen molar-refractivity contribution in [1.29, 1.82) is 0 Å². The van der Waals surface area contributed by atoms with Gasteiger partial charge >= 0.3 is 0 Å². The molecule has 5 heteroatoms. The second kappa shape index (κ2) is 4.52. The molecule has 5 nitrogen and oxygen atoms in total. The molecule has 0 radical (unpaired) electrons. The van der Waals surface area contributed by atoms with Crippen molar-refractivity contribution in [1.82, 2.24) is 15.0 Å². The predicted octanol–water partition coefficient (Wildman–Crippen LogP) is -0.184. The van der Waals surface area contributed by atoms with Crippen LogP contribution in [0.2, 0.25) is 0 Å². The van der Waals surface area contributed by atoms with Crippen LogP contribution in [-0.4, -0.2) is 34.8 Å². The van der Waals surface area contributed by atoms with E-state index in [1.54, 1.807) is 0 Å². The van der Waals surface area contributed by atoms with Gasteiger partial charge in [0.2, 0.25) is 0 Å². The molecule has 0 amide bonds. The van der Waals surface area contributed by atoms with Crippen LogP contribution in [0.4, 0.5) is 0 Å². The van der Waals surface area contributed by atoms with Crippen LogP contribution in [0.25, 0.3) is 0 Å². The van der Waals surface area contributed by atoms with Crippen molar-refractivity contribution in [3.05, 3.63) is 11.9 Å². The van der Waals surface area contributed by atoms with E-state index in [1.165, 1.54) is 0 Å². The summed E-state index contributed by atoms with van der Waals surface area (Å²) in [6, 6.07) is 0. The number of rotatable bonds is 4. The van der Waals surface area contributed by atoms with Crippen molar-refractivity contribution in [3.63, 3.8) is 0 Å². The normalized spacial score (nSPS) is 21.6. The molecule has 1 saturated heterocycles. The minimum Gasteiger partial charge on any atom is -0.381 e. The SMILES string of the molecule is NCCc1cn(CC2CCOC2)nn1. The molecule has 0 bridgehead atoms. The van der Waals surface area contributed by atoms with Crippen LogP contribution in [0.3, 0.4) is 0 Å². The maximum absolute atomic E-state index is 5.44. The zero-order valence-electron chi connectivity index (χ0n) is 8.22. The van der Waals surface area contributed by atoms with Crippen molar-refractivity contribution >= 4 is 0 Å². The third-order valence-electron chi connectivity index (χ3n) is 2.46. The highest BCUT2D eigenvalue weighted by molar-refractivity contribution is 4.92. The summed E-state index contributed by atoms with van der Waals surface area (Å²) < 4.78 is 7.20. The van der Waals surface area contributed by atoms with Crippen molar-refractivity contribution in [2.45, 2.75) is 19.4 Å². The summed E-state index contributed by atoms with van der Waals surface area (Å²) in [5, 5.41) is 8.09. The Bertz CT molecular complexity index is 280. The van der Waals surface area contributed by atoms with Crippen molar-refractivity contribution < 1.29 is 4.74 Å². The summed E-state index contributed by atoms with van der Waals surface area (Å²) >= 11 is 0. The summed E-state index contributed by atoms with van der Waals surface area (Å²) in [6.45, 7) is 3.28. The smallest absolute Gasteiger partial charge is 0.0839 e. The fourth-order valence-electron chi connectivity index (χ4n) is 1.68. The van der Waals surface area contributed by atoms with E-state index in [9.17, 15) is 0 Å². The number of ether oxygens (including phenoxy) is 1. The van der Waals surface area contributed by atoms with Crippen molar-refractivity contribution in [2.75, 3.05) is 19.8 Å². The molecule has 1 atom stereocenters. The van der Waals surface area contributed by atoms with E-state index < -0.39 is 0 Å². The first-order chi connectivity index (χ1) is 6.88. The van der Waals surface area contributed by atoms with Gasteiger partial charge in [-0.2, -0.15) is 0 Å². The fraction of sp³-hybridized carbons (Fsp3) is 0.778. The molecule has 1 aromatic heterocycles. The molecule has 78 valence electrons. The first-order valence-corrected chi connectivity index (χ1v) is 5.05. The lowest BCUT2D eigenvalue weighted by atomic mass is 10.1. The Morgan fingerprint density at radius 1 is 1.64 bits per heavy atom. The monoisotopic (exact) mass is 196 g/mol. The number of nitrogens with zero attached hydrogens (tertiary/aromatic N) is 3.